The number of amides is 3. The monoisotopic (exact) mass is 461 g/mol. The second-order valence-electron chi connectivity index (χ2n) is 9.05. The molecule has 3 amide bonds. The van der Waals surface area contributed by atoms with Gasteiger partial charge in [-0.15, -0.1) is 0 Å². The lowest BCUT2D eigenvalue weighted by Gasteiger charge is -2.09. The third-order valence-corrected chi connectivity index (χ3v) is 5.96. The van der Waals surface area contributed by atoms with Gasteiger partial charge in [-0.1, -0.05) is 109 Å². The Morgan fingerprint density at radius 3 is 1.70 bits per heavy atom. The van der Waals surface area contributed by atoms with E-state index >= 15 is 0 Å². The number of hydrogen-bond acceptors (Lipinski definition) is 3. The van der Waals surface area contributed by atoms with Crippen LogP contribution in [0.4, 0.5) is 4.79 Å². The molecular formula is C27H47N3O3. The Labute approximate surface area is 201 Å². The van der Waals surface area contributed by atoms with Gasteiger partial charge in [-0.2, -0.15) is 0 Å². The van der Waals surface area contributed by atoms with Crippen LogP contribution >= 0.6 is 0 Å². The van der Waals surface area contributed by atoms with Crippen molar-refractivity contribution in [1.29, 1.82) is 0 Å². The molecule has 33 heavy (non-hydrogen) atoms. The molecule has 1 aromatic rings. The van der Waals surface area contributed by atoms with E-state index in [9.17, 15) is 14.7 Å². The first-order valence-corrected chi connectivity index (χ1v) is 13.2. The number of unbranched alkanes of at least 4 members (excludes halogenated alkanes) is 14. The van der Waals surface area contributed by atoms with Crippen LogP contribution in [0.1, 0.15) is 115 Å². The zero-order chi connectivity index (χ0) is 24.0. The summed E-state index contributed by atoms with van der Waals surface area (Å²) in [6.45, 7) is 2.72. The number of benzene rings is 1. The molecular weight excluding hydrogens is 414 g/mol. The molecule has 188 valence electrons. The first-order chi connectivity index (χ1) is 16.1. The number of nitrogens with one attached hydrogen (secondary N) is 3. The van der Waals surface area contributed by atoms with E-state index in [1.54, 1.807) is 12.1 Å². The zero-order valence-corrected chi connectivity index (χ0v) is 20.8. The quantitative estimate of drug-likeness (QED) is 0.139. The molecule has 1 rings (SSSR count). The lowest BCUT2D eigenvalue weighted by atomic mass is 10.0. The lowest BCUT2D eigenvalue weighted by Crippen LogP contribution is -2.47. The van der Waals surface area contributed by atoms with E-state index in [-0.39, 0.29) is 11.7 Å². The Kier molecular flexibility index (Phi) is 17.8. The van der Waals surface area contributed by atoms with E-state index in [4.69, 9.17) is 0 Å². The normalized spacial score (nSPS) is 10.7. The molecule has 0 saturated heterocycles. The molecule has 0 aromatic heterocycles. The molecule has 1 aromatic carbocycles. The van der Waals surface area contributed by atoms with E-state index in [2.05, 4.69) is 23.1 Å². The van der Waals surface area contributed by atoms with Gasteiger partial charge in [-0.25, -0.2) is 10.2 Å². The van der Waals surface area contributed by atoms with Crippen LogP contribution in [-0.2, 0) is 11.2 Å². The molecule has 0 spiro atoms. The summed E-state index contributed by atoms with van der Waals surface area (Å²) in [6.07, 6.45) is 20.6. The van der Waals surface area contributed by atoms with Crippen LogP contribution in [0.3, 0.4) is 0 Å². The Bertz CT molecular complexity index is 620. The van der Waals surface area contributed by atoms with E-state index in [0.29, 0.717) is 19.4 Å². The van der Waals surface area contributed by atoms with Gasteiger partial charge >= 0.3 is 6.03 Å². The van der Waals surface area contributed by atoms with Crippen LogP contribution in [0.5, 0.6) is 5.75 Å². The van der Waals surface area contributed by atoms with E-state index in [0.717, 1.165) is 18.4 Å². The molecule has 0 saturated carbocycles. The van der Waals surface area contributed by atoms with Gasteiger partial charge in [0.05, 0.1) is 0 Å². The fraction of sp³-hybridized carbons (Fsp3) is 0.704. The Morgan fingerprint density at radius 2 is 1.18 bits per heavy atom. The van der Waals surface area contributed by atoms with Gasteiger partial charge in [0, 0.05) is 13.0 Å². The SMILES string of the molecule is CCCCCCCCCCCCCCCCCC(=O)NNC(=O)NCCc1ccc(O)cc1. The van der Waals surface area contributed by atoms with Gasteiger partial charge in [0.25, 0.3) is 0 Å². The first kappa shape index (κ1) is 28.8. The van der Waals surface area contributed by atoms with Gasteiger partial charge in [0.15, 0.2) is 0 Å². The maximum atomic E-state index is 11.8. The van der Waals surface area contributed by atoms with Crippen molar-refractivity contribution in [3.05, 3.63) is 29.8 Å². The van der Waals surface area contributed by atoms with Gasteiger partial charge < -0.3 is 10.4 Å². The number of carbonyl (C=O) groups is 2. The highest BCUT2D eigenvalue weighted by molar-refractivity contribution is 5.80. The number of aromatic hydroxyl groups is 1. The predicted octanol–water partition coefficient (Wildman–Crippen LogP) is 6.53. The summed E-state index contributed by atoms with van der Waals surface area (Å²) in [5.74, 6) is 0.0691. The van der Waals surface area contributed by atoms with Crippen molar-refractivity contribution < 1.29 is 14.7 Å². The number of hydrazine groups is 1. The third kappa shape index (κ3) is 17.9. The predicted molar refractivity (Wildman–Crippen MR) is 136 cm³/mol. The Balaban J connectivity index is 1.83. The fourth-order valence-electron chi connectivity index (χ4n) is 3.87. The molecule has 0 unspecified atom stereocenters. The summed E-state index contributed by atoms with van der Waals surface area (Å²) >= 11 is 0. The van der Waals surface area contributed by atoms with Crippen molar-refractivity contribution in [2.45, 2.75) is 116 Å². The fourth-order valence-corrected chi connectivity index (χ4v) is 3.87. The van der Waals surface area contributed by atoms with Crippen molar-refractivity contribution in [2.24, 2.45) is 0 Å². The highest BCUT2D eigenvalue weighted by atomic mass is 16.3. The summed E-state index contributed by atoms with van der Waals surface area (Å²) < 4.78 is 0. The minimum absolute atomic E-state index is 0.154. The average Bonchev–Trinajstić information content (AvgIpc) is 2.81. The molecule has 6 heteroatoms. The molecule has 0 aliphatic carbocycles. The van der Waals surface area contributed by atoms with Crippen LogP contribution < -0.4 is 16.2 Å². The molecule has 0 fully saturated rings. The molecule has 4 N–H and O–H groups in total. The summed E-state index contributed by atoms with van der Waals surface area (Å²) in [4.78, 5) is 23.6. The Morgan fingerprint density at radius 1 is 0.697 bits per heavy atom. The van der Waals surface area contributed by atoms with Crippen molar-refractivity contribution in [2.75, 3.05) is 6.54 Å². The maximum absolute atomic E-state index is 11.8. The summed E-state index contributed by atoms with van der Waals surface area (Å²) in [5, 5.41) is 12.0. The maximum Gasteiger partial charge on any atom is 0.333 e. The van der Waals surface area contributed by atoms with Crippen LogP contribution in [0, 0.1) is 0 Å². The van der Waals surface area contributed by atoms with Gasteiger partial charge in [-0.05, 0) is 30.5 Å². The number of phenolic OH excluding ortho intramolecular Hbond substituents is 1. The van der Waals surface area contributed by atoms with E-state index in [1.807, 2.05) is 12.1 Å². The number of carbonyl (C=O) groups excluding carboxylic acids is 2. The standard InChI is InChI=1S/C27H47N3O3/c1-2-3-4-5-6-7-8-9-10-11-12-13-14-15-16-17-26(32)29-30-27(33)28-23-22-24-18-20-25(31)21-19-24/h18-21,31H,2-17,22-23H2,1H3,(H,29,32)(H2,28,30,33). The minimum atomic E-state index is -0.418. The number of rotatable bonds is 19. The van der Waals surface area contributed by atoms with Crippen LogP contribution in [-0.4, -0.2) is 23.6 Å². The average molecular weight is 462 g/mol. The smallest absolute Gasteiger partial charge is 0.333 e. The van der Waals surface area contributed by atoms with Gasteiger partial charge in [0.2, 0.25) is 5.91 Å². The third-order valence-electron chi connectivity index (χ3n) is 5.96. The highest BCUT2D eigenvalue weighted by Crippen LogP contribution is 2.13. The van der Waals surface area contributed by atoms with Crippen LogP contribution in [0.2, 0.25) is 0 Å². The van der Waals surface area contributed by atoms with Crippen molar-refractivity contribution in [1.82, 2.24) is 16.2 Å². The topological polar surface area (TPSA) is 90.5 Å². The molecule has 0 heterocycles. The van der Waals surface area contributed by atoms with Crippen molar-refractivity contribution in [3.63, 3.8) is 0 Å². The van der Waals surface area contributed by atoms with E-state index in [1.165, 1.54) is 83.5 Å². The van der Waals surface area contributed by atoms with Gasteiger partial charge in [0.1, 0.15) is 5.75 Å². The molecule has 0 aliphatic heterocycles. The summed E-state index contributed by atoms with van der Waals surface area (Å²) in [5.41, 5.74) is 5.86. The lowest BCUT2D eigenvalue weighted by molar-refractivity contribution is -0.121. The molecule has 0 bridgehead atoms. The van der Waals surface area contributed by atoms with E-state index < -0.39 is 6.03 Å². The summed E-state index contributed by atoms with van der Waals surface area (Å²) in [7, 11) is 0. The second-order valence-corrected chi connectivity index (χ2v) is 9.05. The largest absolute Gasteiger partial charge is 0.508 e. The second kappa shape index (κ2) is 20.4. The van der Waals surface area contributed by atoms with Crippen LogP contribution in [0.15, 0.2) is 24.3 Å². The first-order valence-electron chi connectivity index (χ1n) is 13.2. The molecule has 0 aliphatic rings. The van der Waals surface area contributed by atoms with Crippen LogP contribution in [0.25, 0.3) is 0 Å². The van der Waals surface area contributed by atoms with Crippen molar-refractivity contribution >= 4 is 11.9 Å². The molecule has 0 radical (unpaired) electrons. The highest BCUT2D eigenvalue weighted by Gasteiger charge is 2.04. The summed E-state index contributed by atoms with van der Waals surface area (Å²) in [6, 6.07) is 6.45. The minimum Gasteiger partial charge on any atom is -0.508 e. The zero-order valence-electron chi connectivity index (χ0n) is 20.8. The van der Waals surface area contributed by atoms with Crippen molar-refractivity contribution in [3.8, 4) is 5.75 Å². The molecule has 0 atom stereocenters. The number of hydrogen-bond donors (Lipinski definition) is 4. The Hall–Kier alpha value is -2.24. The number of urea groups is 1. The molecule has 6 nitrogen and oxygen atoms in total. The van der Waals surface area contributed by atoms with Gasteiger partial charge in [-0.3, -0.25) is 10.2 Å². The number of phenols is 1.